The van der Waals surface area contributed by atoms with Crippen molar-refractivity contribution < 1.29 is 19.4 Å². The molecule has 0 aliphatic carbocycles. The Balaban J connectivity index is 3.31. The first-order valence-electron chi connectivity index (χ1n) is 2.93. The Morgan fingerprint density at radius 2 is 2.08 bits per heavy atom. The number of halogens is 2. The molecule has 0 unspecified atom stereocenters. The molecule has 0 aliphatic rings. The van der Waals surface area contributed by atoms with Gasteiger partial charge in [-0.15, -0.1) is 0 Å². The van der Waals surface area contributed by atoms with E-state index in [2.05, 4.69) is 0 Å². The molecule has 64 valence electrons. The molecule has 0 saturated heterocycles. The summed E-state index contributed by atoms with van der Waals surface area (Å²) in [6.45, 7) is 0. The molecule has 1 aromatic carbocycles. The fourth-order valence-electron chi connectivity index (χ4n) is 0.698. The Kier molecular flexibility index (Phi) is 2.19. The van der Waals surface area contributed by atoms with Gasteiger partial charge in [-0.25, -0.2) is 9.18 Å². The van der Waals surface area contributed by atoms with Crippen molar-refractivity contribution in [1.82, 2.24) is 0 Å². The average molecular weight is 191 g/mol. The summed E-state index contributed by atoms with van der Waals surface area (Å²) in [6.07, 6.45) is 0. The van der Waals surface area contributed by atoms with Gasteiger partial charge in [-0.3, -0.25) is 0 Å². The second kappa shape index (κ2) is 2.98. The summed E-state index contributed by atoms with van der Waals surface area (Å²) >= 11 is 5.24. The van der Waals surface area contributed by atoms with Crippen LogP contribution in [-0.2, 0) is 0 Å². The third kappa shape index (κ3) is 1.48. The Bertz CT molecular complexity index is 314. The fourth-order valence-corrected chi connectivity index (χ4v) is 0.807. The Labute approximate surface area is 72.0 Å². The summed E-state index contributed by atoms with van der Waals surface area (Å²) in [6, 6.07) is 1.62. The lowest BCUT2D eigenvalue weighted by atomic mass is 10.2. The fraction of sp³-hybridized carbons (Fsp3) is 0. The van der Waals surface area contributed by atoms with E-state index in [9.17, 15) is 9.18 Å². The minimum Gasteiger partial charge on any atom is -0.506 e. The maximum absolute atomic E-state index is 12.6. The highest BCUT2D eigenvalue weighted by Crippen LogP contribution is 2.27. The van der Waals surface area contributed by atoms with Gasteiger partial charge in [0.2, 0.25) is 0 Å². The van der Waals surface area contributed by atoms with Crippen molar-refractivity contribution in [2.45, 2.75) is 0 Å². The van der Waals surface area contributed by atoms with Gasteiger partial charge in [-0.1, -0.05) is 11.6 Å². The van der Waals surface area contributed by atoms with Gasteiger partial charge in [0.05, 0.1) is 5.56 Å². The van der Waals surface area contributed by atoms with Crippen molar-refractivity contribution >= 4 is 17.6 Å². The van der Waals surface area contributed by atoms with Crippen LogP contribution in [0.4, 0.5) is 4.39 Å². The van der Waals surface area contributed by atoms with Crippen LogP contribution in [0.15, 0.2) is 12.1 Å². The maximum Gasteiger partial charge on any atom is 0.335 e. The van der Waals surface area contributed by atoms with E-state index in [0.717, 1.165) is 12.1 Å². The average Bonchev–Trinajstić information content (AvgIpc) is 1.99. The molecule has 0 amide bonds. The Hall–Kier alpha value is -1.29. The molecular formula is C7H4ClFO3. The summed E-state index contributed by atoms with van der Waals surface area (Å²) in [7, 11) is 0. The molecule has 0 heterocycles. The molecule has 1 rings (SSSR count). The summed E-state index contributed by atoms with van der Waals surface area (Å²) in [5, 5.41) is 16.8. The van der Waals surface area contributed by atoms with Gasteiger partial charge in [0.15, 0.2) is 0 Å². The maximum atomic E-state index is 12.6. The van der Waals surface area contributed by atoms with Crippen molar-refractivity contribution in [3.63, 3.8) is 0 Å². The minimum absolute atomic E-state index is 0.339. The first-order valence-corrected chi connectivity index (χ1v) is 3.31. The SMILES string of the molecule is O=C(O)c1cc(O)c(Cl)c(F)c1. The van der Waals surface area contributed by atoms with Crippen LogP contribution in [0.25, 0.3) is 0 Å². The van der Waals surface area contributed by atoms with Crippen LogP contribution in [-0.4, -0.2) is 16.2 Å². The van der Waals surface area contributed by atoms with Crippen LogP contribution < -0.4 is 0 Å². The molecule has 0 atom stereocenters. The highest BCUT2D eigenvalue weighted by atomic mass is 35.5. The largest absolute Gasteiger partial charge is 0.506 e. The summed E-state index contributed by atoms with van der Waals surface area (Å²) < 4.78 is 12.6. The lowest BCUT2D eigenvalue weighted by Crippen LogP contribution is -1.96. The van der Waals surface area contributed by atoms with Gasteiger partial charge < -0.3 is 10.2 Å². The highest BCUT2D eigenvalue weighted by Gasteiger charge is 2.11. The van der Waals surface area contributed by atoms with Crippen molar-refractivity contribution in [2.24, 2.45) is 0 Å². The van der Waals surface area contributed by atoms with Gasteiger partial charge in [0.25, 0.3) is 0 Å². The summed E-state index contributed by atoms with van der Waals surface area (Å²) in [5.74, 6) is -2.84. The van der Waals surface area contributed by atoms with Crippen LogP contribution in [0.5, 0.6) is 5.75 Å². The zero-order chi connectivity index (χ0) is 9.30. The number of phenolic OH excluding ortho intramolecular Hbond substituents is 1. The van der Waals surface area contributed by atoms with Gasteiger partial charge >= 0.3 is 5.97 Å². The molecule has 0 bridgehead atoms. The van der Waals surface area contributed by atoms with E-state index in [-0.39, 0.29) is 5.56 Å². The van der Waals surface area contributed by atoms with Crippen LogP contribution in [0.3, 0.4) is 0 Å². The van der Waals surface area contributed by atoms with E-state index in [1.165, 1.54) is 0 Å². The topological polar surface area (TPSA) is 57.5 Å². The number of carboxylic acid groups (broad SMARTS) is 1. The number of aromatic carboxylic acids is 1. The van der Waals surface area contributed by atoms with Gasteiger partial charge in [-0.05, 0) is 12.1 Å². The van der Waals surface area contributed by atoms with E-state index < -0.39 is 22.6 Å². The predicted octanol–water partition coefficient (Wildman–Crippen LogP) is 1.88. The number of benzene rings is 1. The normalized spacial score (nSPS) is 9.83. The van der Waals surface area contributed by atoms with Crippen LogP contribution in [0.2, 0.25) is 5.02 Å². The monoisotopic (exact) mass is 190 g/mol. The zero-order valence-electron chi connectivity index (χ0n) is 5.71. The summed E-state index contributed by atoms with van der Waals surface area (Å²) in [5.41, 5.74) is -0.339. The third-order valence-corrected chi connectivity index (χ3v) is 1.63. The lowest BCUT2D eigenvalue weighted by molar-refractivity contribution is 0.0696. The number of phenols is 1. The van der Waals surface area contributed by atoms with E-state index >= 15 is 0 Å². The molecule has 0 aliphatic heterocycles. The van der Waals surface area contributed by atoms with E-state index in [0.29, 0.717) is 0 Å². The van der Waals surface area contributed by atoms with E-state index in [4.69, 9.17) is 21.8 Å². The molecule has 2 N–H and O–H groups in total. The highest BCUT2D eigenvalue weighted by molar-refractivity contribution is 6.32. The molecule has 12 heavy (non-hydrogen) atoms. The number of hydrogen-bond acceptors (Lipinski definition) is 2. The van der Waals surface area contributed by atoms with Crippen LogP contribution in [0.1, 0.15) is 10.4 Å². The number of carbonyl (C=O) groups is 1. The van der Waals surface area contributed by atoms with Crippen molar-refractivity contribution in [2.75, 3.05) is 0 Å². The van der Waals surface area contributed by atoms with E-state index in [1.54, 1.807) is 0 Å². The molecule has 0 aromatic heterocycles. The zero-order valence-corrected chi connectivity index (χ0v) is 6.47. The first kappa shape index (κ1) is 8.80. The number of hydrogen-bond donors (Lipinski definition) is 2. The van der Waals surface area contributed by atoms with Crippen molar-refractivity contribution in [3.05, 3.63) is 28.5 Å². The van der Waals surface area contributed by atoms with Crippen LogP contribution in [0, 0.1) is 5.82 Å². The Morgan fingerprint density at radius 1 is 1.50 bits per heavy atom. The third-order valence-electron chi connectivity index (χ3n) is 1.26. The van der Waals surface area contributed by atoms with Crippen molar-refractivity contribution in [1.29, 1.82) is 0 Å². The molecule has 1 aromatic rings. The predicted molar refractivity (Wildman–Crippen MR) is 40.0 cm³/mol. The molecule has 0 radical (unpaired) electrons. The van der Waals surface area contributed by atoms with Gasteiger partial charge in [-0.2, -0.15) is 0 Å². The molecule has 0 saturated carbocycles. The van der Waals surface area contributed by atoms with Gasteiger partial charge in [0, 0.05) is 0 Å². The van der Waals surface area contributed by atoms with Gasteiger partial charge in [0.1, 0.15) is 16.6 Å². The quantitative estimate of drug-likeness (QED) is 0.711. The molecule has 0 spiro atoms. The minimum atomic E-state index is -1.32. The molecule has 3 nitrogen and oxygen atoms in total. The number of carboxylic acids is 1. The molecule has 5 heteroatoms. The second-order valence-corrected chi connectivity index (χ2v) is 2.47. The lowest BCUT2D eigenvalue weighted by Gasteiger charge is -1.99. The summed E-state index contributed by atoms with van der Waals surface area (Å²) in [4.78, 5) is 10.3. The smallest absolute Gasteiger partial charge is 0.335 e. The number of aromatic hydroxyl groups is 1. The first-order chi connectivity index (χ1) is 5.52. The van der Waals surface area contributed by atoms with E-state index in [1.807, 2.05) is 0 Å². The molecular weight excluding hydrogens is 187 g/mol. The van der Waals surface area contributed by atoms with Crippen LogP contribution >= 0.6 is 11.6 Å². The second-order valence-electron chi connectivity index (χ2n) is 2.10. The van der Waals surface area contributed by atoms with Crippen molar-refractivity contribution in [3.8, 4) is 5.75 Å². The molecule has 0 fully saturated rings. The standard InChI is InChI=1S/C7H4ClFO3/c8-6-4(9)1-3(7(11)12)2-5(6)10/h1-2,10H,(H,11,12). The number of rotatable bonds is 1. The Morgan fingerprint density at radius 3 is 2.50 bits per heavy atom.